The zero-order valence-corrected chi connectivity index (χ0v) is 14.6. The molecule has 0 aromatic heterocycles. The Morgan fingerprint density at radius 2 is 1.84 bits per heavy atom. The Morgan fingerprint density at radius 3 is 2.36 bits per heavy atom. The average molecular weight is 356 g/mol. The maximum atomic E-state index is 13.8. The van der Waals surface area contributed by atoms with Gasteiger partial charge in [0.15, 0.2) is 0 Å². The van der Waals surface area contributed by atoms with Gasteiger partial charge in [-0.15, -0.1) is 0 Å². The highest BCUT2D eigenvalue weighted by molar-refractivity contribution is 5.91. The van der Waals surface area contributed by atoms with E-state index in [0.717, 1.165) is 12.8 Å². The highest BCUT2D eigenvalue weighted by Gasteiger charge is 2.60. The summed E-state index contributed by atoms with van der Waals surface area (Å²) >= 11 is 0. The van der Waals surface area contributed by atoms with Crippen molar-refractivity contribution in [3.05, 3.63) is 29.8 Å². The van der Waals surface area contributed by atoms with Crippen molar-refractivity contribution in [1.82, 2.24) is 0 Å². The van der Waals surface area contributed by atoms with Gasteiger partial charge in [-0.25, -0.2) is 4.79 Å². The van der Waals surface area contributed by atoms with E-state index in [-0.39, 0.29) is 23.6 Å². The molecule has 1 amide bonds. The van der Waals surface area contributed by atoms with Gasteiger partial charge in [0.2, 0.25) is 0 Å². The number of halogens is 3. The fourth-order valence-electron chi connectivity index (χ4n) is 3.44. The second-order valence-electron chi connectivity index (χ2n) is 7.95. The van der Waals surface area contributed by atoms with Crippen molar-refractivity contribution >= 4 is 11.8 Å². The van der Waals surface area contributed by atoms with Crippen LogP contribution in [-0.2, 0) is 10.3 Å². The van der Waals surface area contributed by atoms with Crippen LogP contribution >= 0.6 is 0 Å². The van der Waals surface area contributed by atoms with Crippen molar-refractivity contribution in [3.63, 3.8) is 0 Å². The molecule has 138 valence electrons. The number of carbonyl (C=O) groups excluding carboxylic acids is 1. The average Bonchev–Trinajstić information content (AvgIpc) is 3.28. The molecule has 25 heavy (non-hydrogen) atoms. The molecule has 1 heterocycles. The molecule has 0 radical (unpaired) electrons. The van der Waals surface area contributed by atoms with E-state index in [9.17, 15) is 18.0 Å². The van der Waals surface area contributed by atoms with Crippen molar-refractivity contribution in [2.75, 3.05) is 4.90 Å². The Morgan fingerprint density at radius 1 is 1.24 bits per heavy atom. The highest BCUT2D eigenvalue weighted by Crippen LogP contribution is 2.52. The Kier molecular flexibility index (Phi) is 4.06. The third kappa shape index (κ3) is 3.21. The lowest BCUT2D eigenvalue weighted by molar-refractivity contribution is -0.194. The van der Waals surface area contributed by atoms with Crippen LogP contribution in [0.4, 0.5) is 23.7 Å². The number of para-hydroxylation sites is 1. The Balaban J connectivity index is 2.10. The summed E-state index contributed by atoms with van der Waals surface area (Å²) in [4.78, 5) is 14.1. The number of rotatable bonds is 1. The van der Waals surface area contributed by atoms with Gasteiger partial charge in [-0.1, -0.05) is 18.2 Å². The SMILES string of the molecule is CC(C)(C)OC(=O)N1c2ccccc2C(N)(C(F)(F)F)CC1C1CC1. The van der Waals surface area contributed by atoms with Crippen LogP contribution in [0.3, 0.4) is 0 Å². The Hall–Kier alpha value is -1.76. The Labute approximate surface area is 145 Å². The summed E-state index contributed by atoms with van der Waals surface area (Å²) < 4.78 is 46.9. The summed E-state index contributed by atoms with van der Waals surface area (Å²) in [6.45, 7) is 5.20. The van der Waals surface area contributed by atoms with Crippen LogP contribution in [0.5, 0.6) is 0 Å². The number of anilines is 1. The number of ether oxygens (including phenoxy) is 1. The quantitative estimate of drug-likeness (QED) is 0.815. The van der Waals surface area contributed by atoms with Gasteiger partial charge in [0.25, 0.3) is 0 Å². The zero-order valence-electron chi connectivity index (χ0n) is 14.6. The summed E-state index contributed by atoms with van der Waals surface area (Å²) in [5.74, 6) is 0.0196. The minimum Gasteiger partial charge on any atom is -0.443 e. The molecule has 3 rings (SSSR count). The number of amides is 1. The van der Waals surface area contributed by atoms with E-state index >= 15 is 0 Å². The van der Waals surface area contributed by atoms with Crippen LogP contribution in [0, 0.1) is 5.92 Å². The van der Waals surface area contributed by atoms with Crippen LogP contribution in [0.1, 0.15) is 45.6 Å². The van der Waals surface area contributed by atoms with Crippen molar-refractivity contribution in [1.29, 1.82) is 0 Å². The normalized spacial score (nSPS) is 27.0. The second-order valence-corrected chi connectivity index (χ2v) is 7.95. The molecule has 1 aliphatic heterocycles. The molecule has 2 N–H and O–H groups in total. The zero-order chi connectivity index (χ0) is 18.6. The van der Waals surface area contributed by atoms with E-state index in [1.165, 1.54) is 23.1 Å². The third-order valence-electron chi connectivity index (χ3n) is 4.77. The summed E-state index contributed by atoms with van der Waals surface area (Å²) in [5, 5.41) is 0. The predicted octanol–water partition coefficient (Wildman–Crippen LogP) is 4.33. The standard InChI is InChI=1S/C18H23F3N2O2/c1-16(2,3)25-15(24)23-13-7-5-4-6-12(13)17(22,18(19,20)21)10-14(23)11-8-9-11/h4-7,11,14H,8-10,22H2,1-3H3. The number of nitrogens with zero attached hydrogens (tertiary/aromatic N) is 1. The Bertz CT molecular complexity index is 680. The lowest BCUT2D eigenvalue weighted by Crippen LogP contribution is -2.60. The minimum absolute atomic E-state index is 0.0196. The molecule has 1 fully saturated rings. The van der Waals surface area contributed by atoms with E-state index in [4.69, 9.17) is 10.5 Å². The predicted molar refractivity (Wildman–Crippen MR) is 88.2 cm³/mol. The van der Waals surface area contributed by atoms with Gasteiger partial charge in [-0.2, -0.15) is 13.2 Å². The fourth-order valence-corrected chi connectivity index (χ4v) is 3.44. The van der Waals surface area contributed by atoms with Crippen molar-refractivity contribution in [2.24, 2.45) is 11.7 Å². The van der Waals surface area contributed by atoms with Crippen molar-refractivity contribution in [3.8, 4) is 0 Å². The first-order valence-electron chi connectivity index (χ1n) is 8.41. The maximum Gasteiger partial charge on any atom is 0.415 e. The smallest absolute Gasteiger partial charge is 0.415 e. The van der Waals surface area contributed by atoms with Gasteiger partial charge >= 0.3 is 12.3 Å². The van der Waals surface area contributed by atoms with Crippen LogP contribution < -0.4 is 10.6 Å². The number of fused-ring (bicyclic) bond motifs is 1. The molecule has 1 aliphatic carbocycles. The number of alkyl halides is 3. The van der Waals surface area contributed by atoms with Gasteiger partial charge < -0.3 is 10.5 Å². The summed E-state index contributed by atoms with van der Waals surface area (Å²) in [5.41, 5.74) is 2.81. The summed E-state index contributed by atoms with van der Waals surface area (Å²) in [7, 11) is 0. The van der Waals surface area contributed by atoms with E-state index in [0.29, 0.717) is 0 Å². The minimum atomic E-state index is -4.60. The number of carbonyl (C=O) groups is 1. The number of hydrogen-bond acceptors (Lipinski definition) is 3. The first kappa shape index (κ1) is 18.0. The second kappa shape index (κ2) is 5.62. The van der Waals surface area contributed by atoms with Crippen LogP contribution in [-0.4, -0.2) is 23.9 Å². The molecule has 7 heteroatoms. The van der Waals surface area contributed by atoms with Crippen LogP contribution in [0.15, 0.2) is 24.3 Å². The van der Waals surface area contributed by atoms with Crippen LogP contribution in [0.25, 0.3) is 0 Å². The van der Waals surface area contributed by atoms with Gasteiger partial charge in [-0.3, -0.25) is 4.90 Å². The molecule has 0 bridgehead atoms. The van der Waals surface area contributed by atoms with E-state index in [1.54, 1.807) is 26.8 Å². The van der Waals surface area contributed by atoms with Crippen molar-refractivity contribution < 1.29 is 22.7 Å². The third-order valence-corrected chi connectivity index (χ3v) is 4.77. The summed E-state index contributed by atoms with van der Waals surface area (Å²) in [6, 6.07) is 5.38. The maximum absolute atomic E-state index is 13.8. The molecule has 1 aromatic carbocycles. The number of benzene rings is 1. The van der Waals surface area contributed by atoms with Gasteiger partial charge in [0.1, 0.15) is 11.1 Å². The number of hydrogen-bond donors (Lipinski definition) is 1. The van der Waals surface area contributed by atoms with Gasteiger partial charge in [0.05, 0.1) is 5.69 Å². The first-order chi connectivity index (χ1) is 11.4. The first-order valence-corrected chi connectivity index (χ1v) is 8.41. The molecule has 4 nitrogen and oxygen atoms in total. The molecule has 2 atom stereocenters. The van der Waals surface area contributed by atoms with Gasteiger partial charge in [0, 0.05) is 11.6 Å². The largest absolute Gasteiger partial charge is 0.443 e. The topological polar surface area (TPSA) is 55.6 Å². The monoisotopic (exact) mass is 356 g/mol. The summed E-state index contributed by atoms with van der Waals surface area (Å²) in [6.07, 6.45) is -3.99. The lowest BCUT2D eigenvalue weighted by Gasteiger charge is -2.46. The number of nitrogens with two attached hydrogens (primary N) is 1. The molecule has 2 aliphatic rings. The molecular formula is C18H23F3N2O2. The van der Waals surface area contributed by atoms with Gasteiger partial charge in [-0.05, 0) is 52.0 Å². The lowest BCUT2D eigenvalue weighted by atomic mass is 9.77. The highest BCUT2D eigenvalue weighted by atomic mass is 19.4. The van der Waals surface area contributed by atoms with Crippen LogP contribution in [0.2, 0.25) is 0 Å². The molecule has 2 unspecified atom stereocenters. The molecule has 0 spiro atoms. The fraction of sp³-hybridized carbons (Fsp3) is 0.611. The molecule has 1 aromatic rings. The molecular weight excluding hydrogens is 333 g/mol. The molecule has 0 saturated heterocycles. The van der Waals surface area contributed by atoms with Crippen molar-refractivity contribution in [2.45, 2.75) is 63.4 Å². The molecule has 1 saturated carbocycles. The van der Waals surface area contributed by atoms with E-state index < -0.39 is 29.5 Å². The van der Waals surface area contributed by atoms with E-state index in [2.05, 4.69) is 0 Å². The van der Waals surface area contributed by atoms with E-state index in [1.807, 2.05) is 0 Å².